The van der Waals surface area contributed by atoms with Gasteiger partial charge in [-0.05, 0) is 49.2 Å². The second-order valence-corrected chi connectivity index (χ2v) is 7.24. The van der Waals surface area contributed by atoms with E-state index < -0.39 is 11.6 Å². The monoisotopic (exact) mass is 408 g/mol. The van der Waals surface area contributed by atoms with Crippen LogP contribution in [0.15, 0.2) is 46.9 Å². The molecule has 6 heteroatoms. The lowest BCUT2D eigenvalue weighted by molar-refractivity contribution is -0.121. The van der Waals surface area contributed by atoms with Gasteiger partial charge >= 0.3 is 0 Å². The molecular formula is C19H19BrF2N2O. The van der Waals surface area contributed by atoms with Crippen molar-refractivity contribution in [2.75, 3.05) is 18.4 Å². The minimum absolute atomic E-state index is 0.148. The number of nitrogens with one attached hydrogen (secondary N) is 1. The van der Waals surface area contributed by atoms with E-state index in [1.165, 1.54) is 11.6 Å². The summed E-state index contributed by atoms with van der Waals surface area (Å²) in [5, 5.41) is 2.69. The molecule has 2 aromatic carbocycles. The van der Waals surface area contributed by atoms with Crippen molar-refractivity contribution in [3.05, 3.63) is 64.1 Å². The molecule has 1 aliphatic heterocycles. The van der Waals surface area contributed by atoms with Gasteiger partial charge in [-0.1, -0.05) is 28.1 Å². The van der Waals surface area contributed by atoms with Crippen LogP contribution in [0.3, 0.4) is 0 Å². The topological polar surface area (TPSA) is 32.3 Å². The highest BCUT2D eigenvalue weighted by atomic mass is 79.9. The molecule has 0 bridgehead atoms. The van der Waals surface area contributed by atoms with Crippen LogP contribution < -0.4 is 5.32 Å². The predicted molar refractivity (Wildman–Crippen MR) is 97.1 cm³/mol. The Kier molecular flexibility index (Phi) is 5.81. The Bertz CT molecular complexity index is 769. The fraction of sp³-hybridized carbons (Fsp3) is 0.316. The molecule has 1 saturated heterocycles. The van der Waals surface area contributed by atoms with Crippen molar-refractivity contribution in [3.8, 4) is 0 Å². The number of likely N-dealkylation sites (tertiary alicyclic amines) is 1. The average Bonchev–Trinajstić information content (AvgIpc) is 2.58. The summed E-state index contributed by atoms with van der Waals surface area (Å²) in [5.74, 6) is -2.19. The summed E-state index contributed by atoms with van der Waals surface area (Å²) in [6.07, 6.45) is 1.73. The Hall–Kier alpha value is -1.79. The number of rotatable bonds is 4. The number of amides is 1. The first-order valence-electron chi connectivity index (χ1n) is 8.24. The number of carbonyl (C=O) groups excluding carboxylic acids is 1. The van der Waals surface area contributed by atoms with E-state index in [9.17, 15) is 13.6 Å². The molecule has 0 saturated carbocycles. The molecule has 0 spiro atoms. The molecule has 1 heterocycles. The number of hydrogen-bond acceptors (Lipinski definition) is 2. The van der Waals surface area contributed by atoms with Gasteiger partial charge in [0.1, 0.15) is 0 Å². The summed E-state index contributed by atoms with van der Waals surface area (Å²) in [7, 11) is 0. The van der Waals surface area contributed by atoms with Crippen LogP contribution >= 0.6 is 15.9 Å². The summed E-state index contributed by atoms with van der Waals surface area (Å²) >= 11 is 3.47. The first kappa shape index (κ1) is 18.0. The van der Waals surface area contributed by atoms with E-state index in [0.29, 0.717) is 6.54 Å². The highest BCUT2D eigenvalue weighted by molar-refractivity contribution is 9.10. The first-order chi connectivity index (χ1) is 12.0. The molecule has 1 aliphatic rings. The highest BCUT2D eigenvalue weighted by Gasteiger charge is 2.26. The van der Waals surface area contributed by atoms with E-state index in [4.69, 9.17) is 0 Å². The summed E-state index contributed by atoms with van der Waals surface area (Å²) < 4.78 is 27.3. The molecule has 1 fully saturated rings. The van der Waals surface area contributed by atoms with Crippen molar-refractivity contribution < 1.29 is 13.6 Å². The summed E-state index contributed by atoms with van der Waals surface area (Å²) in [6, 6.07) is 11.5. The largest absolute Gasteiger partial charge is 0.326 e. The van der Waals surface area contributed by atoms with Crippen molar-refractivity contribution in [2.45, 2.75) is 19.4 Å². The summed E-state index contributed by atoms with van der Waals surface area (Å²) in [6.45, 7) is 2.39. The lowest BCUT2D eigenvalue weighted by atomic mass is 9.96. The van der Waals surface area contributed by atoms with Crippen LogP contribution in [-0.2, 0) is 11.3 Å². The van der Waals surface area contributed by atoms with E-state index in [1.807, 2.05) is 12.1 Å². The smallest absolute Gasteiger partial charge is 0.228 e. The SMILES string of the molecule is O=C(Nc1ccc(F)c(F)c1)C1CCCN(Cc2cccc(Br)c2)C1. The van der Waals surface area contributed by atoms with Crippen molar-refractivity contribution in [1.29, 1.82) is 0 Å². The van der Waals surface area contributed by atoms with Crippen LogP contribution in [0.2, 0.25) is 0 Å². The fourth-order valence-electron chi connectivity index (χ4n) is 3.12. The van der Waals surface area contributed by atoms with Crippen LogP contribution in [0.4, 0.5) is 14.5 Å². The molecular weight excluding hydrogens is 390 g/mol. The third-order valence-electron chi connectivity index (χ3n) is 4.36. The molecule has 2 aromatic rings. The van der Waals surface area contributed by atoms with Crippen LogP contribution in [0.1, 0.15) is 18.4 Å². The molecule has 0 aromatic heterocycles. The van der Waals surface area contributed by atoms with Gasteiger partial charge in [-0.2, -0.15) is 0 Å². The average molecular weight is 409 g/mol. The number of halogens is 3. The summed E-state index contributed by atoms with van der Waals surface area (Å²) in [5.41, 5.74) is 1.48. The molecule has 132 valence electrons. The molecule has 1 atom stereocenters. The summed E-state index contributed by atoms with van der Waals surface area (Å²) in [4.78, 5) is 14.7. The Morgan fingerprint density at radius 1 is 1.20 bits per heavy atom. The first-order valence-corrected chi connectivity index (χ1v) is 9.03. The van der Waals surface area contributed by atoms with Gasteiger partial charge in [0.15, 0.2) is 11.6 Å². The maximum absolute atomic E-state index is 13.3. The van der Waals surface area contributed by atoms with Gasteiger partial charge in [-0.15, -0.1) is 0 Å². The van der Waals surface area contributed by atoms with E-state index in [1.54, 1.807) is 0 Å². The fourth-order valence-corrected chi connectivity index (χ4v) is 3.57. The number of benzene rings is 2. The van der Waals surface area contributed by atoms with E-state index in [2.05, 4.69) is 38.3 Å². The Labute approximate surface area is 154 Å². The van der Waals surface area contributed by atoms with E-state index >= 15 is 0 Å². The zero-order chi connectivity index (χ0) is 17.8. The normalized spacial score (nSPS) is 18.1. The van der Waals surface area contributed by atoms with Crippen molar-refractivity contribution in [3.63, 3.8) is 0 Å². The zero-order valence-electron chi connectivity index (χ0n) is 13.6. The van der Waals surface area contributed by atoms with Crippen molar-refractivity contribution in [2.24, 2.45) is 5.92 Å². The molecule has 1 amide bonds. The van der Waals surface area contributed by atoms with Crippen LogP contribution in [0.25, 0.3) is 0 Å². The van der Waals surface area contributed by atoms with Gasteiger partial charge in [-0.25, -0.2) is 8.78 Å². The maximum Gasteiger partial charge on any atom is 0.228 e. The van der Waals surface area contributed by atoms with Gasteiger partial charge in [0.25, 0.3) is 0 Å². The van der Waals surface area contributed by atoms with Crippen molar-refractivity contribution >= 4 is 27.5 Å². The van der Waals surface area contributed by atoms with Crippen LogP contribution in [0.5, 0.6) is 0 Å². The number of carbonyl (C=O) groups is 1. The number of piperidine rings is 1. The Morgan fingerprint density at radius 2 is 2.04 bits per heavy atom. The van der Waals surface area contributed by atoms with E-state index in [-0.39, 0.29) is 17.5 Å². The van der Waals surface area contributed by atoms with Gasteiger partial charge in [0, 0.05) is 29.3 Å². The third-order valence-corrected chi connectivity index (χ3v) is 4.85. The quantitative estimate of drug-likeness (QED) is 0.802. The molecule has 0 aliphatic carbocycles. The molecule has 3 rings (SSSR count). The minimum atomic E-state index is -0.960. The Morgan fingerprint density at radius 3 is 2.80 bits per heavy atom. The van der Waals surface area contributed by atoms with E-state index in [0.717, 1.165) is 42.5 Å². The minimum Gasteiger partial charge on any atom is -0.326 e. The second kappa shape index (κ2) is 8.06. The maximum atomic E-state index is 13.3. The lowest BCUT2D eigenvalue weighted by Gasteiger charge is -2.32. The number of anilines is 1. The lowest BCUT2D eigenvalue weighted by Crippen LogP contribution is -2.40. The molecule has 25 heavy (non-hydrogen) atoms. The number of nitrogens with zero attached hydrogens (tertiary/aromatic N) is 1. The Balaban J connectivity index is 1.60. The van der Waals surface area contributed by atoms with Gasteiger partial charge in [0.05, 0.1) is 5.92 Å². The molecule has 1 N–H and O–H groups in total. The van der Waals surface area contributed by atoms with Gasteiger partial charge in [-0.3, -0.25) is 9.69 Å². The molecule has 1 unspecified atom stereocenters. The highest BCUT2D eigenvalue weighted by Crippen LogP contribution is 2.22. The van der Waals surface area contributed by atoms with Crippen molar-refractivity contribution in [1.82, 2.24) is 4.90 Å². The van der Waals surface area contributed by atoms with Gasteiger partial charge < -0.3 is 5.32 Å². The molecule has 3 nitrogen and oxygen atoms in total. The molecule has 0 radical (unpaired) electrons. The van der Waals surface area contributed by atoms with Crippen LogP contribution in [-0.4, -0.2) is 23.9 Å². The number of hydrogen-bond donors (Lipinski definition) is 1. The zero-order valence-corrected chi connectivity index (χ0v) is 15.2. The second-order valence-electron chi connectivity index (χ2n) is 6.32. The van der Waals surface area contributed by atoms with Gasteiger partial charge in [0.2, 0.25) is 5.91 Å². The predicted octanol–water partition coefficient (Wildman–Crippen LogP) is 4.58. The van der Waals surface area contributed by atoms with Crippen LogP contribution in [0, 0.1) is 17.6 Å². The standard InChI is InChI=1S/C19H19BrF2N2O/c20-15-5-1-3-13(9-15)11-24-8-2-4-14(12-24)19(25)23-16-6-7-17(21)18(22)10-16/h1,3,5-7,9-10,14H,2,4,8,11-12H2,(H,23,25). The third kappa shape index (κ3) is 4.86.